The van der Waals surface area contributed by atoms with E-state index < -0.39 is 5.72 Å². The number of nitrogens with two attached hydrogens (primary N) is 2. The molecule has 0 spiro atoms. The Morgan fingerprint density at radius 3 is 2.75 bits per heavy atom. The predicted octanol–water partition coefficient (Wildman–Crippen LogP) is -1.27. The molecule has 5 heteroatoms. The van der Waals surface area contributed by atoms with Gasteiger partial charge in [0.2, 0.25) is 0 Å². The van der Waals surface area contributed by atoms with Crippen LogP contribution in [-0.2, 0) is 9.47 Å². The Labute approximate surface area is 70.4 Å². The van der Waals surface area contributed by atoms with Gasteiger partial charge in [0, 0.05) is 0 Å². The van der Waals surface area contributed by atoms with Crippen LogP contribution < -0.4 is 11.5 Å². The first-order chi connectivity index (χ1) is 5.70. The van der Waals surface area contributed by atoms with Crippen molar-refractivity contribution < 1.29 is 9.47 Å². The minimum absolute atomic E-state index is 0.175. The average Bonchev–Trinajstić information content (AvgIpc) is 2.55. The highest BCUT2D eigenvalue weighted by molar-refractivity contribution is 5.16. The molecule has 2 fully saturated rings. The van der Waals surface area contributed by atoms with Crippen molar-refractivity contribution in [3.8, 4) is 6.57 Å². The van der Waals surface area contributed by atoms with Gasteiger partial charge in [0.25, 0.3) is 6.57 Å². The second-order valence-electron chi connectivity index (χ2n) is 3.22. The normalized spacial score (nSPS) is 51.9. The Hall–Kier alpha value is -0.670. The van der Waals surface area contributed by atoms with Crippen LogP contribution in [0, 0.1) is 6.57 Å². The van der Waals surface area contributed by atoms with Gasteiger partial charge in [-0.15, -0.1) is 0 Å². The molecule has 2 aliphatic heterocycles. The maximum absolute atomic E-state index is 5.75. The predicted molar refractivity (Wildman–Crippen MR) is 42.7 cm³/mol. The average molecular weight is 170 g/mol. The zero-order valence-corrected chi connectivity index (χ0v) is 6.64. The fourth-order valence-corrected chi connectivity index (χ4v) is 1.80. The quantitative estimate of drug-likeness (QED) is 0.475. The highest BCUT2D eigenvalue weighted by Crippen LogP contribution is 2.37. The van der Waals surface area contributed by atoms with Gasteiger partial charge in [-0.3, -0.25) is 4.74 Å². The smallest absolute Gasteiger partial charge is 0.363 e. The highest BCUT2D eigenvalue weighted by Gasteiger charge is 2.67. The summed E-state index contributed by atoms with van der Waals surface area (Å²) < 4.78 is 10.7. The summed E-state index contributed by atoms with van der Waals surface area (Å²) in [5.41, 5.74) is 10.6. The minimum atomic E-state index is -0.889. The summed E-state index contributed by atoms with van der Waals surface area (Å²) in [6, 6.07) is -0.480. The SMILES string of the molecule is C#[N+]C12OCC(N)C1OCC2N. The molecule has 0 aromatic carbocycles. The second-order valence-corrected chi connectivity index (χ2v) is 3.22. The van der Waals surface area contributed by atoms with E-state index in [9.17, 15) is 0 Å². The topological polar surface area (TPSA) is 74.9 Å². The van der Waals surface area contributed by atoms with E-state index >= 15 is 0 Å². The largest absolute Gasteiger partial charge is 0.429 e. The van der Waals surface area contributed by atoms with Crippen LogP contribution in [0.3, 0.4) is 0 Å². The van der Waals surface area contributed by atoms with Crippen LogP contribution >= 0.6 is 0 Å². The third-order valence-electron chi connectivity index (χ3n) is 2.49. The summed E-state index contributed by atoms with van der Waals surface area (Å²) in [5, 5.41) is 0. The van der Waals surface area contributed by atoms with E-state index in [1.165, 1.54) is 0 Å². The van der Waals surface area contributed by atoms with Crippen LogP contribution in [0.4, 0.5) is 0 Å². The van der Waals surface area contributed by atoms with Gasteiger partial charge in [0.1, 0.15) is 6.04 Å². The molecular weight excluding hydrogens is 158 g/mol. The number of ether oxygens (including phenoxy) is 2. The van der Waals surface area contributed by atoms with Gasteiger partial charge < -0.3 is 16.2 Å². The number of fused-ring (bicyclic) bond motifs is 1. The molecule has 2 heterocycles. The van der Waals surface area contributed by atoms with Crippen molar-refractivity contribution in [3.63, 3.8) is 0 Å². The van der Waals surface area contributed by atoms with Crippen molar-refractivity contribution in [3.05, 3.63) is 4.85 Å². The Kier molecular flexibility index (Phi) is 1.59. The minimum Gasteiger partial charge on any atom is -0.363 e. The molecule has 2 aliphatic rings. The van der Waals surface area contributed by atoms with Crippen LogP contribution in [0.25, 0.3) is 4.85 Å². The molecular formula is C7H12N3O2+. The molecule has 0 amide bonds. The molecule has 0 radical (unpaired) electrons. The second kappa shape index (κ2) is 2.41. The van der Waals surface area contributed by atoms with E-state index in [0.717, 1.165) is 0 Å². The van der Waals surface area contributed by atoms with Gasteiger partial charge in [-0.25, -0.2) is 0 Å². The molecule has 2 saturated heterocycles. The fraction of sp³-hybridized carbons (Fsp3) is 0.857. The van der Waals surface area contributed by atoms with Crippen molar-refractivity contribution >= 4 is 0 Å². The maximum atomic E-state index is 5.75. The van der Waals surface area contributed by atoms with E-state index in [2.05, 4.69) is 4.85 Å². The summed E-state index contributed by atoms with van der Waals surface area (Å²) in [4.78, 5) is 3.66. The molecule has 0 aromatic rings. The van der Waals surface area contributed by atoms with Gasteiger partial charge in [-0.2, -0.15) is 0 Å². The lowest BCUT2D eigenvalue weighted by Crippen LogP contribution is -2.49. The van der Waals surface area contributed by atoms with Crippen molar-refractivity contribution in [2.24, 2.45) is 11.5 Å². The summed E-state index contributed by atoms with van der Waals surface area (Å²) in [6.07, 6.45) is -0.280. The Morgan fingerprint density at radius 1 is 1.42 bits per heavy atom. The maximum Gasteiger partial charge on any atom is 0.429 e. The molecule has 5 nitrogen and oxygen atoms in total. The molecule has 12 heavy (non-hydrogen) atoms. The highest BCUT2D eigenvalue weighted by atomic mass is 16.6. The van der Waals surface area contributed by atoms with Crippen molar-refractivity contribution in [2.75, 3.05) is 13.2 Å². The molecule has 4 N–H and O–H groups in total. The van der Waals surface area contributed by atoms with Gasteiger partial charge in [-0.05, 0) is 4.85 Å². The molecule has 4 atom stereocenters. The van der Waals surface area contributed by atoms with E-state index in [1.54, 1.807) is 0 Å². The molecule has 66 valence electrons. The zero-order chi connectivity index (χ0) is 8.77. The lowest BCUT2D eigenvalue weighted by atomic mass is 10.0. The summed E-state index contributed by atoms with van der Waals surface area (Å²) in [7, 11) is 0. The van der Waals surface area contributed by atoms with Crippen LogP contribution in [0.2, 0.25) is 0 Å². The van der Waals surface area contributed by atoms with Gasteiger partial charge in [0.05, 0.1) is 19.3 Å². The fourth-order valence-electron chi connectivity index (χ4n) is 1.80. The van der Waals surface area contributed by atoms with E-state index in [-0.39, 0.29) is 18.2 Å². The number of rotatable bonds is 0. The van der Waals surface area contributed by atoms with E-state index in [0.29, 0.717) is 13.2 Å². The first-order valence-electron chi connectivity index (χ1n) is 3.89. The summed E-state index contributed by atoms with van der Waals surface area (Å²) >= 11 is 0. The Balaban J connectivity index is 2.32. The Bertz CT molecular complexity index is 239. The standard InChI is InChI=1S/C7H12N3O2/c1-10-7-5(9)3-11-6(7)4(8)2-12-7/h1,4-6H,2-3,8-9H2/q+1. The van der Waals surface area contributed by atoms with Gasteiger partial charge >= 0.3 is 5.72 Å². The number of hydrogen-bond acceptors (Lipinski definition) is 4. The first-order valence-corrected chi connectivity index (χ1v) is 3.89. The van der Waals surface area contributed by atoms with Crippen molar-refractivity contribution in [1.29, 1.82) is 0 Å². The van der Waals surface area contributed by atoms with E-state index in [4.69, 9.17) is 27.5 Å². The van der Waals surface area contributed by atoms with Gasteiger partial charge in [0.15, 0.2) is 6.10 Å². The molecule has 0 bridgehead atoms. The monoisotopic (exact) mass is 170 g/mol. The zero-order valence-electron chi connectivity index (χ0n) is 6.64. The van der Waals surface area contributed by atoms with Crippen LogP contribution in [0.1, 0.15) is 0 Å². The Morgan fingerprint density at radius 2 is 2.17 bits per heavy atom. The molecule has 0 aromatic heterocycles. The van der Waals surface area contributed by atoms with Gasteiger partial charge in [-0.1, -0.05) is 0 Å². The van der Waals surface area contributed by atoms with Crippen molar-refractivity contribution in [2.45, 2.75) is 23.9 Å². The molecule has 0 aliphatic carbocycles. The lowest BCUT2D eigenvalue weighted by Gasteiger charge is -2.12. The van der Waals surface area contributed by atoms with Crippen LogP contribution in [0.15, 0.2) is 0 Å². The first kappa shape index (κ1) is 7.95. The third-order valence-corrected chi connectivity index (χ3v) is 2.49. The molecule has 2 rings (SSSR count). The number of hydrogen-bond donors (Lipinski definition) is 2. The van der Waals surface area contributed by atoms with E-state index in [1.807, 2.05) is 0 Å². The van der Waals surface area contributed by atoms with Crippen LogP contribution in [-0.4, -0.2) is 37.1 Å². The summed E-state index contributed by atoms with van der Waals surface area (Å²) in [6.45, 7) is 6.05. The summed E-state index contributed by atoms with van der Waals surface area (Å²) in [5.74, 6) is 0. The third kappa shape index (κ3) is 0.753. The molecule has 4 unspecified atom stereocenters. The molecule has 0 saturated carbocycles. The van der Waals surface area contributed by atoms with Crippen molar-refractivity contribution in [1.82, 2.24) is 0 Å². The van der Waals surface area contributed by atoms with Crippen LogP contribution in [0.5, 0.6) is 0 Å². The lowest BCUT2D eigenvalue weighted by molar-refractivity contribution is 0.00912. The number of nitrogens with zero attached hydrogens (tertiary/aromatic N) is 1.